The van der Waals surface area contributed by atoms with E-state index in [2.05, 4.69) is 37.3 Å². The van der Waals surface area contributed by atoms with Gasteiger partial charge < -0.3 is 10.2 Å². The first kappa shape index (κ1) is 14.9. The van der Waals surface area contributed by atoms with Gasteiger partial charge in [0, 0.05) is 30.3 Å². The molecule has 1 aliphatic rings. The summed E-state index contributed by atoms with van der Waals surface area (Å²) in [5, 5.41) is 20.2. The van der Waals surface area contributed by atoms with Gasteiger partial charge in [0.15, 0.2) is 15.4 Å². The Balaban J connectivity index is 1.96. The number of aliphatic hydroxyl groups is 2. The first-order chi connectivity index (χ1) is 9.27. The lowest BCUT2D eigenvalue weighted by atomic mass is 10.1. The Bertz CT molecular complexity index is 368. The highest BCUT2D eigenvalue weighted by Gasteiger charge is 2.63. The molecule has 1 saturated heterocycles. The average Bonchev–Trinajstić information content (AvgIpc) is 3.10. The Morgan fingerprint density at radius 2 is 1.95 bits per heavy atom. The van der Waals surface area contributed by atoms with Crippen molar-refractivity contribution in [1.29, 1.82) is 0 Å². The molecule has 1 aliphatic heterocycles. The lowest BCUT2D eigenvalue weighted by Gasteiger charge is -2.04. The quantitative estimate of drug-likeness (QED) is 0.568. The summed E-state index contributed by atoms with van der Waals surface area (Å²) in [6.07, 6.45) is 4.85. The summed E-state index contributed by atoms with van der Waals surface area (Å²) < 4.78 is 0. The molecule has 0 saturated carbocycles. The topological polar surface area (TPSA) is 40.5 Å². The smallest absolute Gasteiger partial charge is 0.174 e. The Hall–Kier alpha value is -0.510. The van der Waals surface area contributed by atoms with E-state index in [1.807, 2.05) is 0 Å². The summed E-state index contributed by atoms with van der Waals surface area (Å²) in [4.78, 5) is 1.45. The van der Waals surface area contributed by atoms with E-state index in [0.717, 1.165) is 11.7 Å². The van der Waals surface area contributed by atoms with Gasteiger partial charge in [-0.1, -0.05) is 31.5 Å². The molecule has 0 spiro atoms. The monoisotopic (exact) mass is 281 g/mol. The molecule has 1 unspecified atom stereocenters. The van der Waals surface area contributed by atoms with Gasteiger partial charge in [0.25, 0.3) is 0 Å². The van der Waals surface area contributed by atoms with Crippen LogP contribution >= 0.6 is 0 Å². The molecule has 106 valence electrons. The first-order valence-corrected chi connectivity index (χ1v) is 8.69. The molecule has 3 heteroatoms. The Labute approximate surface area is 119 Å². The van der Waals surface area contributed by atoms with Crippen LogP contribution in [0.5, 0.6) is 0 Å². The standard InChI is InChI=1S/C16H25O2S/c1-2-3-9-15-16(12-13(18)10-11-17)19(15)14-7-5-4-6-8-14/h4-8,13,15-18H,2-3,9-12H2,1H3/q+1/t13-,15-,16+,19?/m1/s1. The van der Waals surface area contributed by atoms with Crippen LogP contribution in [-0.2, 0) is 10.9 Å². The number of rotatable bonds is 8. The van der Waals surface area contributed by atoms with Crippen LogP contribution in [0, 0.1) is 0 Å². The summed E-state index contributed by atoms with van der Waals surface area (Å²) in [7, 11) is 0.328. The molecule has 19 heavy (non-hydrogen) atoms. The molecule has 2 N–H and O–H groups in total. The van der Waals surface area contributed by atoms with Crippen LogP contribution in [-0.4, -0.2) is 33.4 Å². The minimum absolute atomic E-state index is 0.0899. The summed E-state index contributed by atoms with van der Waals surface area (Å²) in [6, 6.07) is 10.7. The van der Waals surface area contributed by atoms with Gasteiger partial charge in [0.2, 0.25) is 0 Å². The van der Waals surface area contributed by atoms with Crippen molar-refractivity contribution < 1.29 is 10.2 Å². The number of aliphatic hydroxyl groups excluding tert-OH is 2. The molecule has 2 nitrogen and oxygen atoms in total. The van der Waals surface area contributed by atoms with Gasteiger partial charge in [-0.05, 0) is 25.0 Å². The molecule has 1 aromatic carbocycles. The van der Waals surface area contributed by atoms with Gasteiger partial charge in [-0.15, -0.1) is 0 Å². The van der Waals surface area contributed by atoms with Gasteiger partial charge in [-0.25, -0.2) is 0 Å². The SMILES string of the molecule is CCCC[C@@H]1[C@H](C[C@H](O)CCO)[S+]1c1ccccc1. The fraction of sp³-hybridized carbons (Fsp3) is 0.625. The predicted molar refractivity (Wildman–Crippen MR) is 81.5 cm³/mol. The van der Waals surface area contributed by atoms with Gasteiger partial charge in [-0.2, -0.15) is 0 Å². The molecular formula is C16H25O2S+. The maximum atomic E-state index is 9.91. The molecule has 2 rings (SSSR count). The zero-order chi connectivity index (χ0) is 13.7. The van der Waals surface area contributed by atoms with E-state index in [-0.39, 0.29) is 12.7 Å². The minimum atomic E-state index is -0.333. The number of hydrogen-bond acceptors (Lipinski definition) is 2. The Morgan fingerprint density at radius 1 is 1.21 bits per heavy atom. The van der Waals surface area contributed by atoms with Crippen molar-refractivity contribution in [1.82, 2.24) is 0 Å². The normalized spacial score (nSPS) is 27.2. The van der Waals surface area contributed by atoms with Crippen molar-refractivity contribution in [2.45, 2.75) is 60.5 Å². The first-order valence-electron chi connectivity index (χ1n) is 7.33. The van der Waals surface area contributed by atoms with E-state index >= 15 is 0 Å². The highest BCUT2D eigenvalue weighted by molar-refractivity contribution is 8.05. The van der Waals surface area contributed by atoms with Crippen LogP contribution in [0.2, 0.25) is 0 Å². The zero-order valence-corrected chi connectivity index (χ0v) is 12.5. The fourth-order valence-electron chi connectivity index (χ4n) is 2.74. The van der Waals surface area contributed by atoms with Crippen molar-refractivity contribution in [3.63, 3.8) is 0 Å². The molecule has 0 radical (unpaired) electrons. The molecule has 1 aromatic rings. The Morgan fingerprint density at radius 3 is 2.58 bits per heavy atom. The molecular weight excluding hydrogens is 256 g/mol. The van der Waals surface area contributed by atoms with E-state index in [4.69, 9.17) is 5.11 Å². The number of unbranched alkanes of at least 4 members (excludes halogenated alkanes) is 1. The molecule has 0 bridgehead atoms. The van der Waals surface area contributed by atoms with Crippen LogP contribution < -0.4 is 0 Å². The van der Waals surface area contributed by atoms with Crippen LogP contribution in [0.25, 0.3) is 0 Å². The number of hydrogen-bond donors (Lipinski definition) is 2. The van der Waals surface area contributed by atoms with E-state index in [1.165, 1.54) is 24.2 Å². The Kier molecular flexibility index (Phi) is 5.74. The third kappa shape index (κ3) is 3.98. The fourth-order valence-corrected chi connectivity index (χ4v) is 5.78. The average molecular weight is 281 g/mol. The highest BCUT2D eigenvalue weighted by atomic mass is 32.2. The van der Waals surface area contributed by atoms with Gasteiger partial charge >= 0.3 is 0 Å². The minimum Gasteiger partial charge on any atom is -0.396 e. The van der Waals surface area contributed by atoms with Crippen molar-refractivity contribution >= 4 is 10.9 Å². The van der Waals surface area contributed by atoms with Crippen molar-refractivity contribution in [2.24, 2.45) is 0 Å². The molecule has 1 heterocycles. The molecule has 0 aromatic heterocycles. The third-order valence-electron chi connectivity index (χ3n) is 3.81. The number of benzene rings is 1. The van der Waals surface area contributed by atoms with E-state index in [9.17, 15) is 5.11 Å². The van der Waals surface area contributed by atoms with Crippen molar-refractivity contribution in [2.75, 3.05) is 6.61 Å². The van der Waals surface area contributed by atoms with E-state index in [1.54, 1.807) is 0 Å². The summed E-state index contributed by atoms with van der Waals surface area (Å²) in [5.41, 5.74) is 0. The maximum Gasteiger partial charge on any atom is 0.174 e. The largest absolute Gasteiger partial charge is 0.396 e. The van der Waals surface area contributed by atoms with Crippen LogP contribution in [0.15, 0.2) is 35.2 Å². The zero-order valence-electron chi connectivity index (χ0n) is 11.7. The van der Waals surface area contributed by atoms with Gasteiger partial charge in [0.1, 0.15) is 0 Å². The highest BCUT2D eigenvalue weighted by Crippen LogP contribution is 2.47. The summed E-state index contributed by atoms with van der Waals surface area (Å²) >= 11 is 0. The molecule has 0 aliphatic carbocycles. The van der Waals surface area contributed by atoms with E-state index in [0.29, 0.717) is 22.6 Å². The van der Waals surface area contributed by atoms with Gasteiger partial charge in [0.05, 0.1) is 6.10 Å². The molecule has 4 atom stereocenters. The second kappa shape index (κ2) is 7.32. The second-order valence-electron chi connectivity index (χ2n) is 5.31. The van der Waals surface area contributed by atoms with Crippen molar-refractivity contribution in [3.8, 4) is 0 Å². The summed E-state index contributed by atoms with van der Waals surface area (Å²) in [6.45, 7) is 2.32. The lowest BCUT2D eigenvalue weighted by Crippen LogP contribution is -2.13. The third-order valence-corrected chi connectivity index (χ3v) is 6.71. The predicted octanol–water partition coefficient (Wildman–Crippen LogP) is 2.74. The van der Waals surface area contributed by atoms with Crippen LogP contribution in [0.4, 0.5) is 0 Å². The maximum absolute atomic E-state index is 9.91. The summed E-state index contributed by atoms with van der Waals surface area (Å²) in [5.74, 6) is 0. The van der Waals surface area contributed by atoms with E-state index < -0.39 is 0 Å². The van der Waals surface area contributed by atoms with Crippen LogP contribution in [0.3, 0.4) is 0 Å². The van der Waals surface area contributed by atoms with Crippen LogP contribution in [0.1, 0.15) is 39.0 Å². The lowest BCUT2D eigenvalue weighted by molar-refractivity contribution is 0.126. The molecule has 1 fully saturated rings. The van der Waals surface area contributed by atoms with Crippen molar-refractivity contribution in [3.05, 3.63) is 30.3 Å². The molecule has 0 amide bonds. The second-order valence-corrected chi connectivity index (χ2v) is 7.73. The van der Waals surface area contributed by atoms with Gasteiger partial charge in [-0.3, -0.25) is 0 Å².